The van der Waals surface area contributed by atoms with Gasteiger partial charge in [-0.3, -0.25) is 9.36 Å². The molecule has 0 spiro atoms. The van der Waals surface area contributed by atoms with Gasteiger partial charge in [0, 0.05) is 12.4 Å². The quantitative estimate of drug-likeness (QED) is 0.832. The van der Waals surface area contributed by atoms with Gasteiger partial charge in [0.05, 0.1) is 19.8 Å². The summed E-state index contributed by atoms with van der Waals surface area (Å²) in [7, 11) is 1.57. The van der Waals surface area contributed by atoms with Gasteiger partial charge >= 0.3 is 5.69 Å². The van der Waals surface area contributed by atoms with E-state index in [0.29, 0.717) is 18.1 Å². The minimum absolute atomic E-state index is 0.0782. The van der Waals surface area contributed by atoms with Crippen molar-refractivity contribution in [2.75, 3.05) is 13.7 Å². The fourth-order valence-corrected chi connectivity index (χ4v) is 2.26. The van der Waals surface area contributed by atoms with Crippen LogP contribution in [0.4, 0.5) is 0 Å². The summed E-state index contributed by atoms with van der Waals surface area (Å²) in [5.74, 6) is 0.994. The zero-order valence-corrected chi connectivity index (χ0v) is 14.0. The van der Waals surface area contributed by atoms with Gasteiger partial charge in [-0.05, 0) is 37.6 Å². The van der Waals surface area contributed by atoms with Crippen LogP contribution >= 0.6 is 0 Å². The van der Waals surface area contributed by atoms with E-state index in [4.69, 9.17) is 9.47 Å². The SMILES string of the molecule is CCOc1ccc(C(C)NC(=O)Cn2cccnc2=O)cc1OC. The van der Waals surface area contributed by atoms with Crippen LogP contribution in [0.5, 0.6) is 11.5 Å². The molecule has 1 aromatic carbocycles. The van der Waals surface area contributed by atoms with Crippen LogP contribution in [0.1, 0.15) is 25.5 Å². The number of benzene rings is 1. The van der Waals surface area contributed by atoms with E-state index in [2.05, 4.69) is 10.3 Å². The molecule has 128 valence electrons. The molecular weight excluding hydrogens is 310 g/mol. The molecule has 2 aromatic rings. The van der Waals surface area contributed by atoms with E-state index in [1.54, 1.807) is 13.2 Å². The van der Waals surface area contributed by atoms with Crippen LogP contribution in [0.3, 0.4) is 0 Å². The highest BCUT2D eigenvalue weighted by molar-refractivity contribution is 5.76. The fraction of sp³-hybridized carbons (Fsp3) is 0.353. The molecule has 7 nitrogen and oxygen atoms in total. The standard InChI is InChI=1S/C17H21N3O4/c1-4-24-14-7-6-13(10-15(14)23-3)12(2)19-16(21)11-20-9-5-8-18-17(20)22/h5-10,12H,4,11H2,1-3H3,(H,19,21). The van der Waals surface area contributed by atoms with Gasteiger partial charge in [0.2, 0.25) is 5.91 Å². The molecule has 0 radical (unpaired) electrons. The summed E-state index contributed by atoms with van der Waals surface area (Å²) in [6, 6.07) is 6.87. The smallest absolute Gasteiger partial charge is 0.347 e. The van der Waals surface area contributed by atoms with Crippen molar-refractivity contribution in [3.63, 3.8) is 0 Å². The molecule has 2 rings (SSSR count). The second-order valence-electron chi connectivity index (χ2n) is 5.16. The van der Waals surface area contributed by atoms with E-state index < -0.39 is 5.69 Å². The van der Waals surface area contributed by atoms with Crippen molar-refractivity contribution in [1.29, 1.82) is 0 Å². The number of amides is 1. The Kier molecular flexibility index (Phi) is 5.95. The topological polar surface area (TPSA) is 82.5 Å². The molecule has 0 saturated carbocycles. The van der Waals surface area contributed by atoms with Gasteiger partial charge < -0.3 is 14.8 Å². The summed E-state index contributed by atoms with van der Waals surface area (Å²) in [5.41, 5.74) is 0.422. The van der Waals surface area contributed by atoms with Gasteiger partial charge in [-0.15, -0.1) is 0 Å². The predicted octanol–water partition coefficient (Wildman–Crippen LogP) is 1.53. The number of hydrogen-bond donors (Lipinski definition) is 1. The maximum absolute atomic E-state index is 12.1. The number of aromatic nitrogens is 2. The molecule has 0 bridgehead atoms. The second-order valence-corrected chi connectivity index (χ2v) is 5.16. The molecule has 0 saturated heterocycles. The third kappa shape index (κ3) is 4.34. The Morgan fingerprint density at radius 1 is 1.38 bits per heavy atom. The molecule has 0 aliphatic heterocycles. The van der Waals surface area contributed by atoms with Crippen LogP contribution in [-0.4, -0.2) is 29.2 Å². The van der Waals surface area contributed by atoms with E-state index in [9.17, 15) is 9.59 Å². The predicted molar refractivity (Wildman–Crippen MR) is 89.2 cm³/mol. The highest BCUT2D eigenvalue weighted by Gasteiger charge is 2.13. The van der Waals surface area contributed by atoms with E-state index in [1.165, 1.54) is 17.0 Å². The van der Waals surface area contributed by atoms with Crippen molar-refractivity contribution in [3.05, 3.63) is 52.7 Å². The van der Waals surface area contributed by atoms with Crippen LogP contribution in [0, 0.1) is 0 Å². The number of rotatable bonds is 7. The van der Waals surface area contributed by atoms with Crippen LogP contribution < -0.4 is 20.5 Å². The van der Waals surface area contributed by atoms with Gasteiger partial charge in [-0.25, -0.2) is 9.78 Å². The Balaban J connectivity index is 2.06. The van der Waals surface area contributed by atoms with E-state index in [1.807, 2.05) is 32.0 Å². The molecule has 1 heterocycles. The van der Waals surface area contributed by atoms with Crippen LogP contribution in [0.25, 0.3) is 0 Å². The van der Waals surface area contributed by atoms with Crippen molar-refractivity contribution in [2.45, 2.75) is 26.4 Å². The first-order chi connectivity index (χ1) is 11.5. The Labute approximate surface area is 140 Å². The van der Waals surface area contributed by atoms with Crippen molar-refractivity contribution < 1.29 is 14.3 Å². The average molecular weight is 331 g/mol. The number of hydrogen-bond acceptors (Lipinski definition) is 5. The number of methoxy groups -OCH3 is 1. The van der Waals surface area contributed by atoms with Gasteiger partial charge in [-0.1, -0.05) is 6.07 Å². The summed E-state index contributed by atoms with van der Waals surface area (Å²) in [5, 5.41) is 2.85. The van der Waals surface area contributed by atoms with Gasteiger partial charge in [0.25, 0.3) is 0 Å². The lowest BCUT2D eigenvalue weighted by Gasteiger charge is -2.17. The average Bonchev–Trinajstić information content (AvgIpc) is 2.57. The Morgan fingerprint density at radius 2 is 2.17 bits per heavy atom. The lowest BCUT2D eigenvalue weighted by atomic mass is 10.1. The van der Waals surface area contributed by atoms with Gasteiger partial charge in [0.15, 0.2) is 11.5 Å². The lowest BCUT2D eigenvalue weighted by molar-refractivity contribution is -0.122. The molecule has 0 aliphatic rings. The van der Waals surface area contributed by atoms with Gasteiger partial charge in [-0.2, -0.15) is 0 Å². The van der Waals surface area contributed by atoms with Crippen molar-refractivity contribution >= 4 is 5.91 Å². The Morgan fingerprint density at radius 3 is 2.83 bits per heavy atom. The summed E-state index contributed by atoms with van der Waals surface area (Å²) in [6.45, 7) is 4.22. The first kappa shape index (κ1) is 17.5. The number of carbonyl (C=O) groups is 1. The second kappa shape index (κ2) is 8.14. The van der Waals surface area contributed by atoms with Crippen LogP contribution in [-0.2, 0) is 11.3 Å². The highest BCUT2D eigenvalue weighted by atomic mass is 16.5. The molecule has 1 N–H and O–H groups in total. The summed E-state index contributed by atoms with van der Waals surface area (Å²) >= 11 is 0. The van der Waals surface area contributed by atoms with Crippen molar-refractivity contribution in [3.8, 4) is 11.5 Å². The summed E-state index contributed by atoms with van der Waals surface area (Å²) < 4.78 is 12.0. The summed E-state index contributed by atoms with van der Waals surface area (Å²) in [4.78, 5) is 27.3. The van der Waals surface area contributed by atoms with E-state index >= 15 is 0 Å². The van der Waals surface area contributed by atoms with Crippen molar-refractivity contribution in [2.24, 2.45) is 0 Å². The Bertz CT molecular complexity index is 757. The molecule has 1 aromatic heterocycles. The number of ether oxygens (including phenoxy) is 2. The van der Waals surface area contributed by atoms with E-state index in [-0.39, 0.29) is 18.5 Å². The fourth-order valence-electron chi connectivity index (χ4n) is 2.26. The molecule has 1 atom stereocenters. The third-order valence-electron chi connectivity index (χ3n) is 3.46. The minimum Gasteiger partial charge on any atom is -0.493 e. The Hall–Kier alpha value is -2.83. The molecule has 0 aliphatic carbocycles. The molecule has 24 heavy (non-hydrogen) atoms. The largest absolute Gasteiger partial charge is 0.493 e. The normalized spacial score (nSPS) is 11.6. The number of nitrogens with zero attached hydrogens (tertiary/aromatic N) is 2. The maximum atomic E-state index is 12.1. The van der Waals surface area contributed by atoms with E-state index in [0.717, 1.165) is 5.56 Å². The first-order valence-electron chi connectivity index (χ1n) is 7.66. The molecule has 1 amide bonds. The monoisotopic (exact) mass is 331 g/mol. The molecular formula is C17H21N3O4. The minimum atomic E-state index is -0.456. The lowest BCUT2D eigenvalue weighted by Crippen LogP contribution is -2.34. The third-order valence-corrected chi connectivity index (χ3v) is 3.46. The molecule has 7 heteroatoms. The van der Waals surface area contributed by atoms with Crippen molar-refractivity contribution in [1.82, 2.24) is 14.9 Å². The number of nitrogens with one attached hydrogen (secondary N) is 1. The van der Waals surface area contributed by atoms with Crippen LogP contribution in [0.2, 0.25) is 0 Å². The zero-order valence-electron chi connectivity index (χ0n) is 14.0. The van der Waals surface area contributed by atoms with Gasteiger partial charge in [0.1, 0.15) is 6.54 Å². The molecule has 1 unspecified atom stereocenters. The highest BCUT2D eigenvalue weighted by Crippen LogP contribution is 2.30. The van der Waals surface area contributed by atoms with Crippen LogP contribution in [0.15, 0.2) is 41.5 Å². The zero-order chi connectivity index (χ0) is 17.5. The summed E-state index contributed by atoms with van der Waals surface area (Å²) in [6.07, 6.45) is 2.92. The molecule has 0 fully saturated rings. The first-order valence-corrected chi connectivity index (χ1v) is 7.66. The number of carbonyl (C=O) groups excluding carboxylic acids is 1. The maximum Gasteiger partial charge on any atom is 0.347 e.